The van der Waals surface area contributed by atoms with Gasteiger partial charge in [0.25, 0.3) is 5.91 Å². The third-order valence-corrected chi connectivity index (χ3v) is 6.73. The third-order valence-electron chi connectivity index (χ3n) is 6.73. The van der Waals surface area contributed by atoms with Gasteiger partial charge in [-0.25, -0.2) is 9.78 Å². The van der Waals surface area contributed by atoms with E-state index in [1.807, 2.05) is 53.2 Å². The summed E-state index contributed by atoms with van der Waals surface area (Å²) in [5.41, 5.74) is 2.36. The lowest BCUT2D eigenvalue weighted by molar-refractivity contribution is -0.117. The molecule has 38 heavy (non-hydrogen) atoms. The van der Waals surface area contributed by atoms with Gasteiger partial charge in [0.1, 0.15) is 22.6 Å². The number of nitrogens with one attached hydrogen (secondary N) is 1. The van der Waals surface area contributed by atoms with Crippen LogP contribution in [0.5, 0.6) is 0 Å². The molecule has 2 aliphatic rings. The van der Waals surface area contributed by atoms with E-state index in [1.54, 1.807) is 33.3 Å². The maximum atomic E-state index is 13.4. The monoisotopic (exact) mass is 519 g/mol. The van der Waals surface area contributed by atoms with E-state index in [0.717, 1.165) is 16.8 Å². The van der Waals surface area contributed by atoms with Crippen molar-refractivity contribution in [2.45, 2.75) is 46.1 Å². The maximum absolute atomic E-state index is 13.4. The minimum atomic E-state index is -0.539. The van der Waals surface area contributed by atoms with Crippen LogP contribution in [0.2, 0.25) is 0 Å². The van der Waals surface area contributed by atoms with Crippen molar-refractivity contribution in [3.8, 4) is 0 Å². The first-order valence-electron chi connectivity index (χ1n) is 12.7. The second kappa shape index (κ2) is 9.30. The molecule has 2 aromatic heterocycles. The van der Waals surface area contributed by atoms with Gasteiger partial charge < -0.3 is 24.4 Å². The van der Waals surface area contributed by atoms with Crippen molar-refractivity contribution in [1.82, 2.24) is 29.5 Å². The molecule has 0 radical (unpaired) electrons. The summed E-state index contributed by atoms with van der Waals surface area (Å²) in [5, 5.41) is 8.20. The largest absolute Gasteiger partial charge is 0.444 e. The molecule has 2 aliphatic heterocycles. The summed E-state index contributed by atoms with van der Waals surface area (Å²) in [5.74, 6) is -0.385. The molecule has 0 saturated carbocycles. The van der Waals surface area contributed by atoms with E-state index in [9.17, 15) is 14.4 Å². The van der Waals surface area contributed by atoms with Gasteiger partial charge in [-0.3, -0.25) is 14.3 Å². The Bertz CT molecular complexity index is 1470. The van der Waals surface area contributed by atoms with Crippen LogP contribution in [0.1, 0.15) is 55.5 Å². The summed E-state index contributed by atoms with van der Waals surface area (Å²) >= 11 is 0. The Labute approximate surface area is 221 Å². The number of carbonyl (C=O) groups is 3. The molecular weight excluding hydrogens is 486 g/mol. The van der Waals surface area contributed by atoms with E-state index in [-0.39, 0.29) is 17.6 Å². The molecule has 5 rings (SSSR count). The fourth-order valence-corrected chi connectivity index (χ4v) is 4.92. The summed E-state index contributed by atoms with van der Waals surface area (Å²) < 4.78 is 8.97. The molecule has 1 fully saturated rings. The van der Waals surface area contributed by atoms with E-state index in [0.29, 0.717) is 43.1 Å². The Morgan fingerprint density at radius 1 is 1.11 bits per heavy atom. The summed E-state index contributed by atoms with van der Waals surface area (Å²) in [6.45, 7) is 11.5. The highest BCUT2D eigenvalue weighted by Crippen LogP contribution is 2.31. The van der Waals surface area contributed by atoms with E-state index in [1.165, 1.54) is 0 Å². The van der Waals surface area contributed by atoms with Gasteiger partial charge in [-0.1, -0.05) is 0 Å². The Morgan fingerprint density at radius 2 is 1.82 bits per heavy atom. The zero-order chi connectivity index (χ0) is 27.4. The molecule has 1 aromatic carbocycles. The van der Waals surface area contributed by atoms with Gasteiger partial charge in [-0.2, -0.15) is 5.10 Å². The number of fused-ring (bicyclic) bond motifs is 2. The SMILES string of the molecule is Cc1cn2c(n1)C(C)C(=O)C(NC(=O)c1ccc(N3CCN(C(=O)OC(C)(C)C)CC3)c3cn(C)nc13)=C2. The smallest absolute Gasteiger partial charge is 0.410 e. The summed E-state index contributed by atoms with van der Waals surface area (Å²) in [4.78, 5) is 47.1. The fourth-order valence-electron chi connectivity index (χ4n) is 4.92. The van der Waals surface area contributed by atoms with Crippen molar-refractivity contribution in [1.29, 1.82) is 0 Å². The van der Waals surface area contributed by atoms with Crippen molar-refractivity contribution in [3.05, 3.63) is 47.3 Å². The maximum Gasteiger partial charge on any atom is 0.410 e. The fraction of sp³-hybridized carbons (Fsp3) is 0.444. The number of imidazole rings is 1. The predicted octanol–water partition coefficient (Wildman–Crippen LogP) is 3.05. The third kappa shape index (κ3) is 4.75. The number of allylic oxidation sites excluding steroid dienone is 1. The van der Waals surface area contributed by atoms with Crippen molar-refractivity contribution >= 4 is 40.6 Å². The standard InChI is InChI=1S/C27H33N7O4/c1-16-13-34-15-20(23(35)17(2)24(34)28-16)29-25(36)18-7-8-21(19-14-31(6)30-22(18)19)32-9-11-33(12-10-32)26(37)38-27(3,4)5/h7-8,13-15,17H,9-12H2,1-6H3,(H,29,36). The van der Waals surface area contributed by atoms with Crippen LogP contribution in [0.3, 0.4) is 0 Å². The first-order chi connectivity index (χ1) is 17.9. The van der Waals surface area contributed by atoms with Crippen LogP contribution < -0.4 is 10.2 Å². The molecular formula is C27H33N7O4. The normalized spacial score (nSPS) is 17.9. The molecule has 0 aliphatic carbocycles. The topological polar surface area (TPSA) is 115 Å². The first-order valence-corrected chi connectivity index (χ1v) is 12.7. The molecule has 4 heterocycles. The van der Waals surface area contributed by atoms with Crippen LogP contribution in [-0.2, 0) is 16.6 Å². The minimum Gasteiger partial charge on any atom is -0.444 e. The van der Waals surface area contributed by atoms with Crippen molar-refractivity contribution < 1.29 is 19.1 Å². The molecule has 2 amide bonds. The molecule has 1 N–H and O–H groups in total. The lowest BCUT2D eigenvalue weighted by atomic mass is 10.00. The second-order valence-corrected chi connectivity index (χ2v) is 10.9. The van der Waals surface area contributed by atoms with Gasteiger partial charge in [-0.15, -0.1) is 0 Å². The Balaban J connectivity index is 1.37. The van der Waals surface area contributed by atoms with Crippen LogP contribution in [0.25, 0.3) is 17.1 Å². The molecule has 0 spiro atoms. The molecule has 1 saturated heterocycles. The number of ether oxygens (including phenoxy) is 1. The lowest BCUT2D eigenvalue weighted by Crippen LogP contribution is -2.50. The second-order valence-electron chi connectivity index (χ2n) is 10.9. The van der Waals surface area contributed by atoms with E-state index in [2.05, 4.69) is 20.3 Å². The number of anilines is 1. The number of hydrogen-bond donors (Lipinski definition) is 1. The molecule has 1 unspecified atom stereocenters. The number of benzene rings is 1. The highest BCUT2D eigenvalue weighted by Gasteiger charge is 2.31. The van der Waals surface area contributed by atoms with Crippen molar-refractivity contribution in [2.75, 3.05) is 31.1 Å². The molecule has 1 atom stereocenters. The Morgan fingerprint density at radius 3 is 2.50 bits per heavy atom. The van der Waals surface area contributed by atoms with Gasteiger partial charge in [0.15, 0.2) is 5.78 Å². The quantitative estimate of drug-likeness (QED) is 0.566. The minimum absolute atomic E-state index is 0.187. The first kappa shape index (κ1) is 25.5. The van der Waals surface area contributed by atoms with Gasteiger partial charge in [0.05, 0.1) is 17.2 Å². The van der Waals surface area contributed by atoms with Crippen LogP contribution >= 0.6 is 0 Å². The van der Waals surface area contributed by atoms with Crippen molar-refractivity contribution in [3.63, 3.8) is 0 Å². The van der Waals surface area contributed by atoms with Crippen LogP contribution in [-0.4, -0.2) is 73.8 Å². The predicted molar refractivity (Wildman–Crippen MR) is 143 cm³/mol. The number of amides is 2. The summed E-state index contributed by atoms with van der Waals surface area (Å²) in [6, 6.07) is 3.64. The molecule has 11 heteroatoms. The molecule has 11 nitrogen and oxygen atoms in total. The average Bonchev–Trinajstić information content (AvgIpc) is 3.42. The number of carbonyl (C=O) groups excluding carboxylic acids is 3. The number of Topliss-reactive ketones (excluding diaryl/α,β-unsaturated/α-hetero) is 1. The molecule has 3 aromatic rings. The van der Waals surface area contributed by atoms with E-state index < -0.39 is 17.4 Å². The van der Waals surface area contributed by atoms with Crippen molar-refractivity contribution in [2.24, 2.45) is 7.05 Å². The average molecular weight is 520 g/mol. The van der Waals surface area contributed by atoms with Crippen LogP contribution in [0, 0.1) is 6.92 Å². The number of aromatic nitrogens is 4. The molecule has 0 bridgehead atoms. The van der Waals surface area contributed by atoms with E-state index in [4.69, 9.17) is 4.74 Å². The number of aryl methyl sites for hydroxylation is 2. The number of hydrogen-bond acceptors (Lipinski definition) is 7. The number of piperazine rings is 1. The van der Waals surface area contributed by atoms with Crippen LogP contribution in [0.4, 0.5) is 10.5 Å². The van der Waals surface area contributed by atoms with Gasteiger partial charge >= 0.3 is 6.09 Å². The van der Waals surface area contributed by atoms with Crippen LogP contribution in [0.15, 0.2) is 30.2 Å². The highest BCUT2D eigenvalue weighted by molar-refractivity contribution is 6.13. The Hall–Kier alpha value is -4.15. The summed E-state index contributed by atoms with van der Waals surface area (Å²) in [7, 11) is 1.81. The van der Waals surface area contributed by atoms with Gasteiger partial charge in [-0.05, 0) is 46.8 Å². The zero-order valence-electron chi connectivity index (χ0n) is 22.6. The lowest BCUT2D eigenvalue weighted by Gasteiger charge is -2.37. The number of rotatable bonds is 3. The highest BCUT2D eigenvalue weighted by atomic mass is 16.6. The van der Waals surface area contributed by atoms with Gasteiger partial charge in [0.2, 0.25) is 0 Å². The molecule has 200 valence electrons. The van der Waals surface area contributed by atoms with Gasteiger partial charge in [0, 0.05) is 62.9 Å². The summed E-state index contributed by atoms with van der Waals surface area (Å²) in [6.07, 6.45) is 5.02. The zero-order valence-corrected chi connectivity index (χ0v) is 22.6. The van der Waals surface area contributed by atoms with E-state index >= 15 is 0 Å². The number of ketones is 1. The number of nitrogens with zero attached hydrogens (tertiary/aromatic N) is 6. The Kier molecular flexibility index (Phi) is 6.24.